The fourth-order valence-corrected chi connectivity index (χ4v) is 1.42. The van der Waals surface area contributed by atoms with E-state index in [1.807, 2.05) is 24.3 Å². The van der Waals surface area contributed by atoms with Gasteiger partial charge in [-0.2, -0.15) is 0 Å². The van der Waals surface area contributed by atoms with E-state index < -0.39 is 0 Å². The second-order valence-electron chi connectivity index (χ2n) is 2.58. The lowest BCUT2D eigenvalue weighted by Crippen LogP contribution is -1.93. The Kier molecular flexibility index (Phi) is 1.58. The molecule has 0 saturated heterocycles. The van der Waals surface area contributed by atoms with Gasteiger partial charge in [0, 0.05) is 11.5 Å². The SMILES string of the molecule is ClC1=CC=C2C=C=CC=C2C1. The van der Waals surface area contributed by atoms with E-state index in [9.17, 15) is 0 Å². The summed E-state index contributed by atoms with van der Waals surface area (Å²) in [5.74, 6) is 0. The third kappa shape index (κ3) is 1.23. The molecular formula is C10H7Cl. The molecule has 0 unspecified atom stereocenters. The first-order chi connectivity index (χ1) is 5.36. The highest BCUT2D eigenvalue weighted by Crippen LogP contribution is 2.28. The molecule has 2 rings (SSSR count). The van der Waals surface area contributed by atoms with Gasteiger partial charge in [0.05, 0.1) is 0 Å². The molecule has 11 heavy (non-hydrogen) atoms. The number of hydrogen-bond acceptors (Lipinski definition) is 0. The number of hydrogen-bond donors (Lipinski definition) is 0. The third-order valence-corrected chi connectivity index (χ3v) is 2.05. The molecule has 0 aromatic rings. The number of fused-ring (bicyclic) bond motifs is 1. The van der Waals surface area contributed by atoms with Gasteiger partial charge in [0.25, 0.3) is 0 Å². The molecule has 2 aliphatic carbocycles. The van der Waals surface area contributed by atoms with E-state index in [0.717, 1.165) is 11.5 Å². The molecule has 2 aliphatic rings. The normalized spacial score (nSPS) is 20.3. The minimum absolute atomic E-state index is 0.863. The van der Waals surface area contributed by atoms with Gasteiger partial charge in [0.15, 0.2) is 0 Å². The van der Waals surface area contributed by atoms with Gasteiger partial charge in [0.2, 0.25) is 0 Å². The summed E-state index contributed by atoms with van der Waals surface area (Å²) in [6, 6.07) is 0. The van der Waals surface area contributed by atoms with Crippen LogP contribution in [0.25, 0.3) is 0 Å². The predicted octanol–water partition coefficient (Wildman–Crippen LogP) is 3.09. The maximum atomic E-state index is 5.86. The van der Waals surface area contributed by atoms with Crippen molar-refractivity contribution in [1.29, 1.82) is 0 Å². The molecule has 0 aliphatic heterocycles. The van der Waals surface area contributed by atoms with E-state index in [-0.39, 0.29) is 0 Å². The highest BCUT2D eigenvalue weighted by Gasteiger charge is 2.08. The Balaban J connectivity index is 2.47. The second kappa shape index (κ2) is 2.58. The van der Waals surface area contributed by atoms with E-state index >= 15 is 0 Å². The van der Waals surface area contributed by atoms with E-state index in [4.69, 9.17) is 11.6 Å². The van der Waals surface area contributed by atoms with Crippen molar-refractivity contribution in [3.05, 3.63) is 52.3 Å². The molecule has 0 fully saturated rings. The van der Waals surface area contributed by atoms with Gasteiger partial charge >= 0.3 is 0 Å². The highest BCUT2D eigenvalue weighted by molar-refractivity contribution is 6.30. The van der Waals surface area contributed by atoms with Gasteiger partial charge in [-0.3, -0.25) is 0 Å². The summed E-state index contributed by atoms with van der Waals surface area (Å²) in [4.78, 5) is 0. The molecule has 0 N–H and O–H groups in total. The van der Waals surface area contributed by atoms with Crippen molar-refractivity contribution in [3.63, 3.8) is 0 Å². The van der Waals surface area contributed by atoms with Crippen LogP contribution in [0.5, 0.6) is 0 Å². The highest BCUT2D eigenvalue weighted by atomic mass is 35.5. The van der Waals surface area contributed by atoms with E-state index in [1.165, 1.54) is 11.1 Å². The Bertz CT molecular complexity index is 334. The Morgan fingerprint density at radius 2 is 2.18 bits per heavy atom. The van der Waals surface area contributed by atoms with Crippen LogP contribution in [0.15, 0.2) is 52.3 Å². The van der Waals surface area contributed by atoms with Crippen LogP contribution in [0.1, 0.15) is 6.42 Å². The van der Waals surface area contributed by atoms with Gasteiger partial charge in [-0.05, 0) is 29.4 Å². The summed E-state index contributed by atoms with van der Waals surface area (Å²) in [6.07, 6.45) is 10.8. The quantitative estimate of drug-likeness (QED) is 0.481. The van der Waals surface area contributed by atoms with Crippen LogP contribution in [0.4, 0.5) is 0 Å². The van der Waals surface area contributed by atoms with Crippen molar-refractivity contribution >= 4 is 11.6 Å². The molecule has 1 heteroatoms. The summed E-state index contributed by atoms with van der Waals surface area (Å²) in [6.45, 7) is 0. The smallest absolute Gasteiger partial charge is 0.0225 e. The Morgan fingerprint density at radius 3 is 3.09 bits per heavy atom. The zero-order valence-electron chi connectivity index (χ0n) is 5.97. The maximum Gasteiger partial charge on any atom is 0.0225 e. The van der Waals surface area contributed by atoms with Gasteiger partial charge in [-0.15, -0.1) is 5.73 Å². The average molecular weight is 163 g/mol. The van der Waals surface area contributed by atoms with Gasteiger partial charge in [-0.1, -0.05) is 23.8 Å². The molecule has 0 nitrogen and oxygen atoms in total. The zero-order valence-corrected chi connectivity index (χ0v) is 6.73. The lowest BCUT2D eigenvalue weighted by Gasteiger charge is -2.12. The summed E-state index contributed by atoms with van der Waals surface area (Å²) >= 11 is 5.86. The topological polar surface area (TPSA) is 0 Å². The molecule has 0 heterocycles. The molecular weight excluding hydrogens is 156 g/mol. The van der Waals surface area contributed by atoms with Crippen molar-refractivity contribution < 1.29 is 0 Å². The van der Waals surface area contributed by atoms with Crippen molar-refractivity contribution in [1.82, 2.24) is 0 Å². The van der Waals surface area contributed by atoms with Crippen molar-refractivity contribution in [2.75, 3.05) is 0 Å². The average Bonchev–Trinajstić information content (AvgIpc) is 2.04. The Labute approximate surface area is 70.9 Å². The van der Waals surface area contributed by atoms with Gasteiger partial charge < -0.3 is 0 Å². The molecule has 0 bridgehead atoms. The lowest BCUT2D eigenvalue weighted by molar-refractivity contribution is 1.19. The lowest BCUT2D eigenvalue weighted by atomic mass is 9.95. The molecule has 0 atom stereocenters. The number of allylic oxidation sites excluding steroid dienone is 7. The number of halogens is 1. The predicted molar refractivity (Wildman–Crippen MR) is 47.4 cm³/mol. The van der Waals surface area contributed by atoms with Crippen LogP contribution in [-0.4, -0.2) is 0 Å². The summed E-state index contributed by atoms with van der Waals surface area (Å²) in [5, 5.41) is 0.906. The first-order valence-corrected chi connectivity index (χ1v) is 3.92. The molecule has 54 valence electrons. The van der Waals surface area contributed by atoms with Crippen LogP contribution < -0.4 is 0 Å². The van der Waals surface area contributed by atoms with Crippen LogP contribution in [0, 0.1) is 0 Å². The Morgan fingerprint density at radius 1 is 1.27 bits per heavy atom. The van der Waals surface area contributed by atoms with Crippen molar-refractivity contribution in [2.24, 2.45) is 0 Å². The van der Waals surface area contributed by atoms with Gasteiger partial charge in [-0.25, -0.2) is 0 Å². The van der Waals surface area contributed by atoms with E-state index in [1.54, 1.807) is 0 Å². The van der Waals surface area contributed by atoms with Crippen molar-refractivity contribution in [3.8, 4) is 0 Å². The maximum absolute atomic E-state index is 5.86. The van der Waals surface area contributed by atoms with E-state index in [0.29, 0.717) is 0 Å². The largest absolute Gasteiger partial charge is 0.120 e. The van der Waals surface area contributed by atoms with Gasteiger partial charge in [0.1, 0.15) is 0 Å². The first kappa shape index (κ1) is 6.72. The van der Waals surface area contributed by atoms with Crippen LogP contribution in [-0.2, 0) is 0 Å². The van der Waals surface area contributed by atoms with Crippen molar-refractivity contribution in [2.45, 2.75) is 6.42 Å². The van der Waals surface area contributed by atoms with Crippen LogP contribution in [0.3, 0.4) is 0 Å². The molecule has 0 radical (unpaired) electrons. The summed E-state index contributed by atoms with van der Waals surface area (Å²) in [5.41, 5.74) is 5.55. The fourth-order valence-electron chi connectivity index (χ4n) is 1.21. The Hall–Kier alpha value is -0.970. The minimum Gasteiger partial charge on any atom is -0.120 e. The summed E-state index contributed by atoms with van der Waals surface area (Å²) < 4.78 is 0. The van der Waals surface area contributed by atoms with Crippen LogP contribution >= 0.6 is 11.6 Å². The molecule has 0 aromatic heterocycles. The summed E-state index contributed by atoms with van der Waals surface area (Å²) in [7, 11) is 0. The standard InChI is InChI=1S/C10H7Cl/c11-10-6-5-8-3-1-2-4-9(8)7-10/h2-6H,7H2. The third-order valence-electron chi connectivity index (χ3n) is 1.79. The fraction of sp³-hybridized carbons (Fsp3) is 0.100. The first-order valence-electron chi connectivity index (χ1n) is 3.54. The zero-order chi connectivity index (χ0) is 7.68. The molecule has 0 amide bonds. The number of rotatable bonds is 0. The molecule has 0 saturated carbocycles. The monoisotopic (exact) mass is 162 g/mol. The second-order valence-corrected chi connectivity index (χ2v) is 3.07. The minimum atomic E-state index is 0.863. The molecule has 0 aromatic carbocycles. The molecule has 0 spiro atoms. The van der Waals surface area contributed by atoms with E-state index in [2.05, 4.69) is 11.8 Å². The van der Waals surface area contributed by atoms with Crippen LogP contribution in [0.2, 0.25) is 0 Å².